The summed E-state index contributed by atoms with van der Waals surface area (Å²) in [4.78, 5) is 14.0. The number of benzene rings is 1. The van der Waals surface area contributed by atoms with E-state index >= 15 is 0 Å². The lowest BCUT2D eigenvalue weighted by atomic mass is 10.2. The van der Waals surface area contributed by atoms with Gasteiger partial charge < -0.3 is 20.1 Å². The Balaban J connectivity index is 1.99. The highest BCUT2D eigenvalue weighted by atomic mass is 16.5. The molecule has 0 bridgehead atoms. The number of nitrogens with two attached hydrogens (primary N) is 1. The molecule has 2 N–H and O–H groups in total. The number of hydrogen-bond acceptors (Lipinski definition) is 4. The van der Waals surface area contributed by atoms with Gasteiger partial charge in [0.05, 0.1) is 13.2 Å². The number of rotatable bonds is 4. The van der Waals surface area contributed by atoms with Crippen LogP contribution in [0, 0.1) is 0 Å². The minimum absolute atomic E-state index is 0.00451. The normalized spacial score (nSPS) is 17.1. The number of nitrogens with zero attached hydrogens (tertiary/aromatic N) is 1. The van der Waals surface area contributed by atoms with Crippen LogP contribution in [0.4, 0.5) is 0 Å². The highest BCUT2D eigenvalue weighted by Crippen LogP contribution is 2.19. The van der Waals surface area contributed by atoms with Crippen molar-refractivity contribution in [1.82, 2.24) is 4.90 Å². The predicted octanol–water partition coefficient (Wildman–Crippen LogP) is 0.771. The summed E-state index contributed by atoms with van der Waals surface area (Å²) in [7, 11) is 0. The first-order valence-corrected chi connectivity index (χ1v) is 6.53. The van der Waals surface area contributed by atoms with Gasteiger partial charge in [-0.3, -0.25) is 4.79 Å². The van der Waals surface area contributed by atoms with Gasteiger partial charge in [-0.05, 0) is 13.0 Å². The molecule has 1 saturated heterocycles. The maximum Gasteiger partial charge on any atom is 0.263 e. The Morgan fingerprint density at radius 1 is 1.42 bits per heavy atom. The fourth-order valence-electron chi connectivity index (χ4n) is 2.07. The zero-order valence-corrected chi connectivity index (χ0v) is 11.2. The molecule has 1 aromatic rings. The molecule has 1 amide bonds. The summed E-state index contributed by atoms with van der Waals surface area (Å²) >= 11 is 0. The second-order valence-corrected chi connectivity index (χ2v) is 4.51. The van der Waals surface area contributed by atoms with Crippen LogP contribution < -0.4 is 10.5 Å². The number of hydrogen-bond donors (Lipinski definition) is 1. The Bertz CT molecular complexity index is 430. The zero-order chi connectivity index (χ0) is 13.7. The van der Waals surface area contributed by atoms with E-state index in [4.69, 9.17) is 15.2 Å². The Morgan fingerprint density at radius 3 is 2.79 bits per heavy atom. The minimum atomic E-state index is -0.509. The van der Waals surface area contributed by atoms with Crippen LogP contribution >= 0.6 is 0 Å². The molecule has 0 aliphatic carbocycles. The van der Waals surface area contributed by atoms with Crippen molar-refractivity contribution in [2.75, 3.05) is 26.3 Å². The summed E-state index contributed by atoms with van der Waals surface area (Å²) in [5.74, 6) is 0.675. The molecule has 1 unspecified atom stereocenters. The molecule has 2 rings (SSSR count). The van der Waals surface area contributed by atoms with Crippen LogP contribution in [-0.4, -0.2) is 43.2 Å². The lowest BCUT2D eigenvalue weighted by Crippen LogP contribution is -2.46. The second kappa shape index (κ2) is 6.54. The quantitative estimate of drug-likeness (QED) is 0.872. The molecule has 0 aromatic heterocycles. The molecule has 1 aliphatic rings. The number of carbonyl (C=O) groups excluding carboxylic acids is 1. The predicted molar refractivity (Wildman–Crippen MR) is 71.8 cm³/mol. The molecule has 5 heteroatoms. The monoisotopic (exact) mass is 264 g/mol. The van der Waals surface area contributed by atoms with Crippen LogP contribution in [0.3, 0.4) is 0 Å². The first kappa shape index (κ1) is 13.8. The molecule has 1 aliphatic heterocycles. The lowest BCUT2D eigenvalue weighted by molar-refractivity contribution is -0.142. The van der Waals surface area contributed by atoms with Crippen LogP contribution in [0.1, 0.15) is 12.5 Å². The van der Waals surface area contributed by atoms with Gasteiger partial charge in [0.15, 0.2) is 6.10 Å². The Labute approximate surface area is 113 Å². The van der Waals surface area contributed by atoms with Gasteiger partial charge in [0.1, 0.15) is 5.75 Å². The minimum Gasteiger partial charge on any atom is -0.481 e. The Morgan fingerprint density at radius 2 is 2.11 bits per heavy atom. The van der Waals surface area contributed by atoms with Gasteiger partial charge in [0.25, 0.3) is 5.91 Å². The molecule has 5 nitrogen and oxygen atoms in total. The van der Waals surface area contributed by atoms with Crippen LogP contribution in [0.2, 0.25) is 0 Å². The summed E-state index contributed by atoms with van der Waals surface area (Å²) in [6, 6.07) is 7.52. The van der Waals surface area contributed by atoms with Crippen LogP contribution in [0.5, 0.6) is 5.75 Å². The van der Waals surface area contributed by atoms with E-state index in [9.17, 15) is 4.79 Å². The van der Waals surface area contributed by atoms with Gasteiger partial charge in [-0.25, -0.2) is 0 Å². The fraction of sp³-hybridized carbons (Fsp3) is 0.500. The van der Waals surface area contributed by atoms with E-state index in [-0.39, 0.29) is 5.91 Å². The number of morpholine rings is 1. The maximum atomic E-state index is 12.2. The van der Waals surface area contributed by atoms with Crippen LogP contribution in [0.15, 0.2) is 24.3 Å². The number of para-hydroxylation sites is 1. The van der Waals surface area contributed by atoms with E-state index in [2.05, 4.69) is 0 Å². The molecule has 1 fully saturated rings. The van der Waals surface area contributed by atoms with Crippen molar-refractivity contribution >= 4 is 5.91 Å². The summed E-state index contributed by atoms with van der Waals surface area (Å²) in [6.07, 6.45) is -0.509. The molecule has 1 atom stereocenters. The first-order valence-electron chi connectivity index (χ1n) is 6.53. The molecular formula is C14H20N2O3. The summed E-state index contributed by atoms with van der Waals surface area (Å²) in [6.45, 7) is 4.62. The van der Waals surface area contributed by atoms with Crippen molar-refractivity contribution in [3.63, 3.8) is 0 Å². The molecule has 0 radical (unpaired) electrons. The fourth-order valence-corrected chi connectivity index (χ4v) is 2.07. The molecule has 1 heterocycles. The molecular weight excluding hydrogens is 244 g/mol. The van der Waals surface area contributed by atoms with E-state index in [1.807, 2.05) is 24.3 Å². The van der Waals surface area contributed by atoms with Gasteiger partial charge in [-0.1, -0.05) is 18.2 Å². The zero-order valence-electron chi connectivity index (χ0n) is 11.2. The van der Waals surface area contributed by atoms with Gasteiger partial charge in [0, 0.05) is 25.2 Å². The highest BCUT2D eigenvalue weighted by Gasteiger charge is 2.24. The average Bonchev–Trinajstić information content (AvgIpc) is 2.48. The molecule has 19 heavy (non-hydrogen) atoms. The van der Waals surface area contributed by atoms with Gasteiger partial charge in [0.2, 0.25) is 0 Å². The largest absolute Gasteiger partial charge is 0.481 e. The van der Waals surface area contributed by atoms with E-state index in [0.717, 1.165) is 5.56 Å². The molecule has 0 saturated carbocycles. The third kappa shape index (κ3) is 3.45. The van der Waals surface area contributed by atoms with E-state index in [1.165, 1.54) is 0 Å². The van der Waals surface area contributed by atoms with Gasteiger partial charge in [-0.15, -0.1) is 0 Å². The molecule has 104 valence electrons. The second-order valence-electron chi connectivity index (χ2n) is 4.51. The SMILES string of the molecule is CC(Oc1ccccc1CN)C(=O)N1CCOCC1. The van der Waals surface area contributed by atoms with Crippen molar-refractivity contribution in [3.05, 3.63) is 29.8 Å². The Kier molecular flexibility index (Phi) is 4.76. The summed E-state index contributed by atoms with van der Waals surface area (Å²) in [5, 5.41) is 0. The average molecular weight is 264 g/mol. The standard InChI is InChI=1S/C14H20N2O3/c1-11(14(17)16-6-8-18-9-7-16)19-13-5-3-2-4-12(13)10-15/h2-5,11H,6-10,15H2,1H3. The third-order valence-electron chi connectivity index (χ3n) is 3.17. The number of ether oxygens (including phenoxy) is 2. The van der Waals surface area contributed by atoms with Crippen LogP contribution in [-0.2, 0) is 16.1 Å². The molecule has 1 aromatic carbocycles. The smallest absolute Gasteiger partial charge is 0.263 e. The van der Waals surface area contributed by atoms with Gasteiger partial charge in [-0.2, -0.15) is 0 Å². The van der Waals surface area contributed by atoms with E-state index in [1.54, 1.807) is 11.8 Å². The summed E-state index contributed by atoms with van der Waals surface area (Å²) in [5.41, 5.74) is 6.56. The van der Waals surface area contributed by atoms with Crippen molar-refractivity contribution in [3.8, 4) is 5.75 Å². The number of carbonyl (C=O) groups is 1. The molecule has 0 spiro atoms. The number of amides is 1. The van der Waals surface area contributed by atoms with Crippen molar-refractivity contribution in [2.45, 2.75) is 19.6 Å². The van der Waals surface area contributed by atoms with Crippen LogP contribution in [0.25, 0.3) is 0 Å². The van der Waals surface area contributed by atoms with E-state index < -0.39 is 6.10 Å². The van der Waals surface area contributed by atoms with Crippen molar-refractivity contribution in [2.24, 2.45) is 5.73 Å². The maximum absolute atomic E-state index is 12.2. The van der Waals surface area contributed by atoms with Crippen molar-refractivity contribution in [1.29, 1.82) is 0 Å². The van der Waals surface area contributed by atoms with Crippen molar-refractivity contribution < 1.29 is 14.3 Å². The van der Waals surface area contributed by atoms with Gasteiger partial charge >= 0.3 is 0 Å². The lowest BCUT2D eigenvalue weighted by Gasteiger charge is -2.29. The highest BCUT2D eigenvalue weighted by molar-refractivity contribution is 5.81. The first-order chi connectivity index (χ1) is 9.22. The topological polar surface area (TPSA) is 64.8 Å². The van der Waals surface area contributed by atoms with E-state index in [0.29, 0.717) is 38.6 Å². The third-order valence-corrected chi connectivity index (χ3v) is 3.17. The summed E-state index contributed by atoms with van der Waals surface area (Å²) < 4.78 is 11.0. The Hall–Kier alpha value is -1.59.